The van der Waals surface area contributed by atoms with Gasteiger partial charge < -0.3 is 9.47 Å². The van der Waals surface area contributed by atoms with Gasteiger partial charge in [-0.25, -0.2) is 9.97 Å². The highest BCUT2D eigenvalue weighted by atomic mass is 35.5. The van der Waals surface area contributed by atoms with Crippen LogP contribution in [0.1, 0.15) is 17.0 Å². The van der Waals surface area contributed by atoms with Crippen molar-refractivity contribution >= 4 is 46.4 Å². The summed E-state index contributed by atoms with van der Waals surface area (Å²) in [6, 6.07) is 25.3. The second-order valence-corrected chi connectivity index (χ2v) is 8.58. The Morgan fingerprint density at radius 3 is 2.51 bits per heavy atom. The number of aromatic nitrogens is 3. The Balaban J connectivity index is 1.56. The third-order valence-corrected chi connectivity index (χ3v) is 5.94. The zero-order valence-electron chi connectivity index (χ0n) is 18.9. The summed E-state index contributed by atoms with van der Waals surface area (Å²) in [5, 5.41) is 0.903. The molecular formula is C28H21Cl2N3O2. The highest BCUT2D eigenvalue weighted by molar-refractivity contribution is 6.35. The predicted octanol–water partition coefficient (Wildman–Crippen LogP) is 7.49. The van der Waals surface area contributed by atoms with Crippen LogP contribution in [-0.4, -0.2) is 21.6 Å². The molecule has 7 heteroatoms. The van der Waals surface area contributed by atoms with Crippen LogP contribution in [-0.2, 0) is 6.61 Å². The van der Waals surface area contributed by atoms with Crippen molar-refractivity contribution in [2.75, 3.05) is 7.11 Å². The topological polar surface area (TPSA) is 49.2 Å². The number of ether oxygens (including phenoxy) is 2. The molecule has 0 bridgehead atoms. The average Bonchev–Trinajstić information content (AvgIpc) is 3.25. The standard InChI is InChI=1S/C28H21Cl2N3O2/c1-34-25-13-7-10-20(27(25)35-18-19-8-3-2-4-9-19)14-15-26-32-23-11-5-6-12-24(23)33(26)28-22(30)16-21(29)17-31-28/h2-17H,18H2,1H3/b15-14+. The number of hydrogen-bond donors (Lipinski definition) is 0. The monoisotopic (exact) mass is 501 g/mol. The van der Waals surface area contributed by atoms with Crippen molar-refractivity contribution in [1.29, 1.82) is 0 Å². The smallest absolute Gasteiger partial charge is 0.168 e. The molecule has 0 atom stereocenters. The van der Waals surface area contributed by atoms with Crippen LogP contribution in [0.25, 0.3) is 29.0 Å². The van der Waals surface area contributed by atoms with Gasteiger partial charge in [-0.05, 0) is 42.0 Å². The number of fused-ring (bicyclic) bond motifs is 1. The van der Waals surface area contributed by atoms with Gasteiger partial charge >= 0.3 is 0 Å². The molecule has 0 fully saturated rings. The molecule has 2 heterocycles. The molecule has 35 heavy (non-hydrogen) atoms. The Hall–Kier alpha value is -3.80. The molecule has 0 spiro atoms. The summed E-state index contributed by atoms with van der Waals surface area (Å²) in [7, 11) is 1.63. The average molecular weight is 502 g/mol. The van der Waals surface area contributed by atoms with E-state index in [1.807, 2.05) is 89.5 Å². The van der Waals surface area contributed by atoms with Gasteiger partial charge in [-0.1, -0.05) is 77.8 Å². The molecule has 0 aliphatic carbocycles. The van der Waals surface area contributed by atoms with Crippen LogP contribution < -0.4 is 9.47 Å². The first-order valence-electron chi connectivity index (χ1n) is 10.9. The summed E-state index contributed by atoms with van der Waals surface area (Å²) in [6.07, 6.45) is 5.43. The van der Waals surface area contributed by atoms with Gasteiger partial charge in [-0.15, -0.1) is 0 Å². The van der Waals surface area contributed by atoms with Crippen LogP contribution in [0, 0.1) is 0 Å². The van der Waals surface area contributed by atoms with E-state index >= 15 is 0 Å². The van der Waals surface area contributed by atoms with Crippen molar-refractivity contribution in [3.05, 3.63) is 112 Å². The molecule has 2 aromatic heterocycles. The van der Waals surface area contributed by atoms with Gasteiger partial charge in [0.25, 0.3) is 0 Å². The van der Waals surface area contributed by atoms with E-state index in [1.54, 1.807) is 19.4 Å². The molecule has 5 aromatic rings. The van der Waals surface area contributed by atoms with Crippen LogP contribution in [0.15, 0.2) is 85.1 Å². The highest BCUT2D eigenvalue weighted by Crippen LogP contribution is 2.34. The van der Waals surface area contributed by atoms with Gasteiger partial charge in [0.05, 0.1) is 28.2 Å². The van der Waals surface area contributed by atoms with Crippen LogP contribution in [0.2, 0.25) is 10.0 Å². The van der Waals surface area contributed by atoms with Gasteiger partial charge in [-0.2, -0.15) is 0 Å². The first-order valence-corrected chi connectivity index (χ1v) is 11.7. The third kappa shape index (κ3) is 4.87. The van der Waals surface area contributed by atoms with E-state index in [0.29, 0.717) is 39.8 Å². The quantitative estimate of drug-likeness (QED) is 0.232. The number of hydrogen-bond acceptors (Lipinski definition) is 4. The minimum absolute atomic E-state index is 0.421. The van der Waals surface area contributed by atoms with Gasteiger partial charge in [0, 0.05) is 11.8 Å². The van der Waals surface area contributed by atoms with Gasteiger partial charge in [0.15, 0.2) is 17.3 Å². The Kier molecular flexibility index (Phi) is 6.70. The lowest BCUT2D eigenvalue weighted by Gasteiger charge is -2.13. The second-order valence-electron chi connectivity index (χ2n) is 7.74. The molecule has 0 amide bonds. The number of imidazole rings is 1. The minimum atomic E-state index is 0.421. The second kappa shape index (κ2) is 10.2. The fourth-order valence-corrected chi connectivity index (χ4v) is 4.29. The van der Waals surface area contributed by atoms with Crippen molar-refractivity contribution in [3.8, 4) is 17.3 Å². The molecule has 0 unspecified atom stereocenters. The van der Waals surface area contributed by atoms with Crippen LogP contribution in [0.5, 0.6) is 11.5 Å². The number of methoxy groups -OCH3 is 1. The molecule has 5 rings (SSSR count). The first kappa shape index (κ1) is 23.0. The predicted molar refractivity (Wildman–Crippen MR) is 142 cm³/mol. The van der Waals surface area contributed by atoms with E-state index in [1.165, 1.54) is 0 Å². The summed E-state index contributed by atoms with van der Waals surface area (Å²) in [6.45, 7) is 0.421. The number of rotatable bonds is 7. The summed E-state index contributed by atoms with van der Waals surface area (Å²) in [5.41, 5.74) is 3.63. The summed E-state index contributed by atoms with van der Waals surface area (Å²) in [5.74, 6) is 2.52. The van der Waals surface area contributed by atoms with E-state index in [4.69, 9.17) is 37.7 Å². The maximum atomic E-state index is 6.52. The molecule has 174 valence electrons. The third-order valence-electron chi connectivity index (χ3n) is 5.45. The Morgan fingerprint density at radius 2 is 1.71 bits per heavy atom. The van der Waals surface area contributed by atoms with E-state index in [9.17, 15) is 0 Å². The lowest BCUT2D eigenvalue weighted by molar-refractivity contribution is 0.284. The van der Waals surface area contributed by atoms with Gasteiger partial charge in [-0.3, -0.25) is 4.57 Å². The Morgan fingerprint density at radius 1 is 0.914 bits per heavy atom. The molecule has 0 aliphatic rings. The van der Waals surface area contributed by atoms with Crippen LogP contribution in [0.3, 0.4) is 0 Å². The van der Waals surface area contributed by atoms with Crippen molar-refractivity contribution < 1.29 is 9.47 Å². The zero-order chi connectivity index (χ0) is 24.2. The van der Waals surface area contributed by atoms with Crippen LogP contribution in [0.4, 0.5) is 0 Å². The SMILES string of the molecule is COc1cccc(/C=C/c2nc3ccccc3n2-c2ncc(Cl)cc2Cl)c1OCc1ccccc1. The number of nitrogens with zero attached hydrogens (tertiary/aromatic N) is 3. The Bertz CT molecular complexity index is 1510. The summed E-state index contributed by atoms with van der Waals surface area (Å²) < 4.78 is 13.7. The van der Waals surface area contributed by atoms with E-state index < -0.39 is 0 Å². The fraction of sp³-hybridized carbons (Fsp3) is 0.0714. The molecule has 0 aliphatic heterocycles. The summed E-state index contributed by atoms with van der Waals surface area (Å²) >= 11 is 12.6. The number of pyridine rings is 1. The number of benzene rings is 3. The lowest BCUT2D eigenvalue weighted by atomic mass is 10.1. The van der Waals surface area contributed by atoms with Gasteiger partial charge in [0.2, 0.25) is 0 Å². The van der Waals surface area contributed by atoms with Crippen molar-refractivity contribution in [2.24, 2.45) is 0 Å². The summed E-state index contributed by atoms with van der Waals surface area (Å²) in [4.78, 5) is 9.28. The van der Waals surface area contributed by atoms with Crippen molar-refractivity contribution in [3.63, 3.8) is 0 Å². The van der Waals surface area contributed by atoms with E-state index in [-0.39, 0.29) is 0 Å². The van der Waals surface area contributed by atoms with Crippen molar-refractivity contribution in [2.45, 2.75) is 6.61 Å². The van der Waals surface area contributed by atoms with E-state index in [2.05, 4.69) is 4.98 Å². The maximum absolute atomic E-state index is 6.52. The van der Waals surface area contributed by atoms with Gasteiger partial charge in [0.1, 0.15) is 12.4 Å². The normalized spacial score (nSPS) is 11.3. The molecule has 3 aromatic carbocycles. The first-order chi connectivity index (χ1) is 17.1. The molecular weight excluding hydrogens is 481 g/mol. The maximum Gasteiger partial charge on any atom is 0.168 e. The minimum Gasteiger partial charge on any atom is -0.493 e. The number of para-hydroxylation sites is 3. The molecule has 5 nitrogen and oxygen atoms in total. The Labute approximate surface area is 213 Å². The van der Waals surface area contributed by atoms with Crippen LogP contribution >= 0.6 is 23.2 Å². The fourth-order valence-electron chi connectivity index (χ4n) is 3.82. The highest BCUT2D eigenvalue weighted by Gasteiger charge is 2.15. The van der Waals surface area contributed by atoms with Crippen molar-refractivity contribution in [1.82, 2.24) is 14.5 Å². The molecule has 0 saturated carbocycles. The molecule has 0 N–H and O–H groups in total. The zero-order valence-corrected chi connectivity index (χ0v) is 20.4. The largest absolute Gasteiger partial charge is 0.493 e. The molecule has 0 saturated heterocycles. The van der Waals surface area contributed by atoms with E-state index in [0.717, 1.165) is 22.2 Å². The number of halogens is 2. The molecule has 0 radical (unpaired) electrons. The lowest BCUT2D eigenvalue weighted by Crippen LogP contribution is -2.01.